The average molecular weight is 300 g/mol. The maximum Gasteiger partial charge on any atom is 0.312 e. The summed E-state index contributed by atoms with van der Waals surface area (Å²) < 4.78 is 5.41. The largest absolute Gasteiger partial charge is 0.481 e. The lowest BCUT2D eigenvalue weighted by Crippen LogP contribution is -2.43. The Hall–Kier alpha value is -1.06. The van der Waals surface area contributed by atoms with Gasteiger partial charge in [-0.15, -0.1) is 0 Å². The highest BCUT2D eigenvalue weighted by Gasteiger charge is 2.46. The summed E-state index contributed by atoms with van der Waals surface area (Å²) >= 11 is 0. The summed E-state index contributed by atoms with van der Waals surface area (Å²) in [4.78, 5) is 24.2. The second-order valence-electron chi connectivity index (χ2n) is 8.56. The van der Waals surface area contributed by atoms with Crippen LogP contribution in [-0.2, 0) is 14.3 Å². The quantitative estimate of drug-likeness (QED) is 0.749. The Balaban J connectivity index is 5.27. The Bertz CT molecular complexity index is 373. The average Bonchev–Trinajstić information content (AvgIpc) is 2.29. The molecule has 0 radical (unpaired) electrons. The minimum atomic E-state index is -0.996. The molecule has 0 aromatic heterocycles. The summed E-state index contributed by atoms with van der Waals surface area (Å²) in [5.41, 5.74) is -1.29. The molecular formula is C17H32O4. The van der Waals surface area contributed by atoms with Gasteiger partial charge in [0, 0.05) is 0 Å². The summed E-state index contributed by atoms with van der Waals surface area (Å²) in [6.45, 7) is 15.7. The molecule has 0 heterocycles. The number of carboxylic acids is 1. The minimum Gasteiger partial charge on any atom is -0.481 e. The zero-order chi connectivity index (χ0) is 17.1. The summed E-state index contributed by atoms with van der Waals surface area (Å²) in [7, 11) is 0. The molecule has 0 aromatic rings. The molecule has 4 heteroatoms. The number of carbonyl (C=O) groups excluding carboxylic acids is 1. The van der Waals surface area contributed by atoms with Crippen molar-refractivity contribution in [2.24, 2.45) is 22.2 Å². The molecule has 0 saturated heterocycles. The Kier molecular flexibility index (Phi) is 6.46. The van der Waals surface area contributed by atoms with E-state index in [0.717, 1.165) is 0 Å². The lowest BCUT2D eigenvalue weighted by molar-refractivity contribution is -0.170. The normalized spacial score (nSPS) is 17.0. The predicted molar refractivity (Wildman–Crippen MR) is 84.0 cm³/mol. The van der Waals surface area contributed by atoms with E-state index in [4.69, 9.17) is 4.74 Å². The number of carboxylic acid groups (broad SMARTS) is 1. The predicted octanol–water partition coefficient (Wildman–Crippen LogP) is 4.13. The molecule has 0 aliphatic rings. The lowest BCUT2D eigenvalue weighted by atomic mass is 9.68. The molecule has 0 fully saturated rings. The van der Waals surface area contributed by atoms with Crippen molar-refractivity contribution in [3.63, 3.8) is 0 Å². The maximum atomic E-state index is 12.5. The Morgan fingerprint density at radius 3 is 1.76 bits per heavy atom. The van der Waals surface area contributed by atoms with Crippen molar-refractivity contribution in [2.45, 2.75) is 68.2 Å². The van der Waals surface area contributed by atoms with Crippen molar-refractivity contribution in [1.82, 2.24) is 0 Å². The summed E-state index contributed by atoms with van der Waals surface area (Å²) in [6.07, 6.45) is 0.889. The molecule has 0 aliphatic carbocycles. The molecule has 0 bridgehead atoms. The Labute approximate surface area is 129 Å². The highest BCUT2D eigenvalue weighted by Crippen LogP contribution is 2.40. The Morgan fingerprint density at radius 1 is 1.00 bits per heavy atom. The third-order valence-corrected chi connectivity index (χ3v) is 3.72. The number of hydrogen-bond acceptors (Lipinski definition) is 3. The molecule has 1 N–H and O–H groups in total. The van der Waals surface area contributed by atoms with Crippen molar-refractivity contribution in [3.05, 3.63) is 0 Å². The van der Waals surface area contributed by atoms with Gasteiger partial charge in [0.25, 0.3) is 0 Å². The minimum absolute atomic E-state index is 0.132. The first-order valence-electron chi connectivity index (χ1n) is 7.63. The molecule has 0 saturated carbocycles. The maximum absolute atomic E-state index is 12.5. The van der Waals surface area contributed by atoms with Gasteiger partial charge in [0.15, 0.2) is 0 Å². The van der Waals surface area contributed by atoms with Crippen LogP contribution in [0, 0.1) is 22.2 Å². The van der Waals surface area contributed by atoms with Crippen LogP contribution in [0.5, 0.6) is 0 Å². The molecule has 124 valence electrons. The van der Waals surface area contributed by atoms with Gasteiger partial charge in [0.1, 0.15) is 0 Å². The van der Waals surface area contributed by atoms with Gasteiger partial charge in [0.2, 0.25) is 0 Å². The Morgan fingerprint density at radius 2 is 1.48 bits per heavy atom. The van der Waals surface area contributed by atoms with Gasteiger partial charge in [-0.1, -0.05) is 48.5 Å². The van der Waals surface area contributed by atoms with E-state index in [1.807, 2.05) is 48.5 Å². The third-order valence-electron chi connectivity index (χ3n) is 3.72. The van der Waals surface area contributed by atoms with Crippen molar-refractivity contribution in [1.29, 1.82) is 0 Å². The van der Waals surface area contributed by atoms with Crippen LogP contribution in [0.25, 0.3) is 0 Å². The van der Waals surface area contributed by atoms with E-state index in [-0.39, 0.29) is 10.8 Å². The fourth-order valence-corrected chi connectivity index (χ4v) is 2.18. The van der Waals surface area contributed by atoms with E-state index in [1.165, 1.54) is 0 Å². The number of rotatable bonds is 6. The van der Waals surface area contributed by atoms with E-state index < -0.39 is 23.3 Å². The standard InChI is InChI=1S/C17H32O4/c1-9-17(8,14(20)21-11-16(5,6)7)12(13(18)19)10-15(2,3)4/h12H,9-11H2,1-8H3,(H,18,19). The smallest absolute Gasteiger partial charge is 0.312 e. The molecule has 21 heavy (non-hydrogen) atoms. The van der Waals surface area contributed by atoms with Gasteiger partial charge in [-0.2, -0.15) is 0 Å². The molecule has 0 aromatic carbocycles. The second kappa shape index (κ2) is 6.80. The van der Waals surface area contributed by atoms with Crippen LogP contribution in [0.15, 0.2) is 0 Å². The fourth-order valence-electron chi connectivity index (χ4n) is 2.18. The molecule has 0 spiro atoms. The van der Waals surface area contributed by atoms with Crippen LogP contribution in [0.2, 0.25) is 0 Å². The van der Waals surface area contributed by atoms with E-state index >= 15 is 0 Å². The number of aliphatic carboxylic acids is 1. The van der Waals surface area contributed by atoms with Gasteiger partial charge in [-0.25, -0.2) is 0 Å². The zero-order valence-electron chi connectivity index (χ0n) is 14.9. The van der Waals surface area contributed by atoms with Crippen molar-refractivity contribution >= 4 is 11.9 Å². The number of carbonyl (C=O) groups is 2. The SMILES string of the molecule is CCC(C)(C(=O)OCC(C)(C)C)C(CC(C)(C)C)C(=O)O. The van der Waals surface area contributed by atoms with Crippen LogP contribution in [-0.4, -0.2) is 23.7 Å². The molecular weight excluding hydrogens is 268 g/mol. The molecule has 0 rings (SSSR count). The summed E-state index contributed by atoms with van der Waals surface area (Å²) in [5.74, 6) is -2.08. The van der Waals surface area contributed by atoms with Gasteiger partial charge in [-0.05, 0) is 30.6 Å². The van der Waals surface area contributed by atoms with Crippen LogP contribution in [0.3, 0.4) is 0 Å². The summed E-state index contributed by atoms with van der Waals surface area (Å²) in [6, 6.07) is 0. The lowest BCUT2D eigenvalue weighted by Gasteiger charge is -2.36. The highest BCUT2D eigenvalue weighted by atomic mass is 16.5. The van der Waals surface area contributed by atoms with Crippen LogP contribution in [0.4, 0.5) is 0 Å². The monoisotopic (exact) mass is 300 g/mol. The van der Waals surface area contributed by atoms with E-state index in [0.29, 0.717) is 19.4 Å². The first-order chi connectivity index (χ1) is 9.23. The first-order valence-corrected chi connectivity index (χ1v) is 7.63. The van der Waals surface area contributed by atoms with Gasteiger partial charge in [-0.3, -0.25) is 9.59 Å². The summed E-state index contributed by atoms with van der Waals surface area (Å²) in [5, 5.41) is 9.57. The van der Waals surface area contributed by atoms with E-state index in [2.05, 4.69) is 0 Å². The zero-order valence-corrected chi connectivity index (χ0v) is 14.9. The molecule has 4 nitrogen and oxygen atoms in total. The van der Waals surface area contributed by atoms with E-state index in [9.17, 15) is 14.7 Å². The fraction of sp³-hybridized carbons (Fsp3) is 0.882. The number of esters is 1. The van der Waals surface area contributed by atoms with Crippen LogP contribution >= 0.6 is 0 Å². The third kappa shape index (κ3) is 6.49. The molecule has 0 aliphatic heterocycles. The van der Waals surface area contributed by atoms with Gasteiger partial charge >= 0.3 is 11.9 Å². The topological polar surface area (TPSA) is 63.6 Å². The highest BCUT2D eigenvalue weighted by molar-refractivity contribution is 5.84. The number of hydrogen-bond donors (Lipinski definition) is 1. The van der Waals surface area contributed by atoms with Crippen LogP contribution < -0.4 is 0 Å². The van der Waals surface area contributed by atoms with Crippen molar-refractivity contribution in [2.75, 3.05) is 6.61 Å². The van der Waals surface area contributed by atoms with E-state index in [1.54, 1.807) is 6.92 Å². The second-order valence-corrected chi connectivity index (χ2v) is 8.56. The van der Waals surface area contributed by atoms with Crippen molar-refractivity contribution < 1.29 is 19.4 Å². The van der Waals surface area contributed by atoms with Gasteiger partial charge < -0.3 is 9.84 Å². The van der Waals surface area contributed by atoms with Crippen LogP contribution in [0.1, 0.15) is 68.2 Å². The van der Waals surface area contributed by atoms with Gasteiger partial charge in [0.05, 0.1) is 17.9 Å². The molecule has 2 unspecified atom stereocenters. The first kappa shape index (κ1) is 19.9. The molecule has 0 amide bonds. The number of ether oxygens (including phenoxy) is 1. The van der Waals surface area contributed by atoms with Crippen molar-refractivity contribution in [3.8, 4) is 0 Å². The molecule has 2 atom stereocenters.